The molecule has 1 N–H and O–H groups in total. The lowest BCUT2D eigenvalue weighted by Gasteiger charge is -2.20. The van der Waals surface area contributed by atoms with Crippen molar-refractivity contribution >= 4 is 37.5 Å². The molecule has 26 heavy (non-hydrogen) atoms. The maximum absolute atomic E-state index is 12.7. The molecule has 0 unspecified atom stereocenters. The van der Waals surface area contributed by atoms with Crippen LogP contribution in [0.3, 0.4) is 0 Å². The summed E-state index contributed by atoms with van der Waals surface area (Å²) in [7, 11) is -3.26. The van der Waals surface area contributed by atoms with Crippen LogP contribution in [0.15, 0.2) is 53.0 Å². The number of hydrogen-bond acceptors (Lipinski definition) is 3. The van der Waals surface area contributed by atoms with Crippen molar-refractivity contribution in [2.45, 2.75) is 25.8 Å². The molecule has 0 saturated carbocycles. The van der Waals surface area contributed by atoms with E-state index in [0.717, 1.165) is 16.5 Å². The van der Waals surface area contributed by atoms with Crippen molar-refractivity contribution in [2.75, 3.05) is 16.6 Å². The van der Waals surface area contributed by atoms with Crippen LogP contribution in [-0.4, -0.2) is 26.6 Å². The summed E-state index contributed by atoms with van der Waals surface area (Å²) in [4.78, 5) is 12.7. The second-order valence-electron chi connectivity index (χ2n) is 6.28. The Balaban J connectivity index is 1.79. The summed E-state index contributed by atoms with van der Waals surface area (Å²) in [5.41, 5.74) is 2.04. The second-order valence-corrected chi connectivity index (χ2v) is 9.21. The van der Waals surface area contributed by atoms with E-state index in [4.69, 9.17) is 0 Å². The minimum absolute atomic E-state index is 0.102. The van der Waals surface area contributed by atoms with E-state index in [9.17, 15) is 13.2 Å². The van der Waals surface area contributed by atoms with Gasteiger partial charge in [-0.25, -0.2) is 8.42 Å². The van der Waals surface area contributed by atoms with Crippen LogP contribution in [0.25, 0.3) is 0 Å². The standard InChI is InChI=1S/C19H21BrN2O3S/c1-2-18(14-7-9-16(20)10-8-14)21-19(23)15-5-3-6-17(13-15)22-11-4-12-26(22,24)25/h3,5-10,13,18H,2,4,11-12H2,1H3,(H,21,23)/t18-/m1/s1. The molecule has 1 saturated heterocycles. The van der Waals surface area contributed by atoms with E-state index < -0.39 is 10.0 Å². The summed E-state index contributed by atoms with van der Waals surface area (Å²) in [6.07, 6.45) is 1.37. The lowest BCUT2D eigenvalue weighted by molar-refractivity contribution is 0.0935. The van der Waals surface area contributed by atoms with Gasteiger partial charge >= 0.3 is 0 Å². The van der Waals surface area contributed by atoms with Gasteiger partial charge in [0.2, 0.25) is 10.0 Å². The number of carbonyl (C=O) groups is 1. The van der Waals surface area contributed by atoms with Crippen LogP contribution in [0.2, 0.25) is 0 Å². The highest BCUT2D eigenvalue weighted by Crippen LogP contribution is 2.25. The molecule has 1 amide bonds. The van der Waals surface area contributed by atoms with E-state index in [1.54, 1.807) is 24.3 Å². The number of sulfonamides is 1. The quantitative estimate of drug-likeness (QED) is 0.773. The molecular formula is C19H21BrN2O3S. The second kappa shape index (κ2) is 7.80. The van der Waals surface area contributed by atoms with Crippen molar-refractivity contribution in [1.82, 2.24) is 5.32 Å². The van der Waals surface area contributed by atoms with Crippen molar-refractivity contribution in [3.05, 3.63) is 64.1 Å². The minimum Gasteiger partial charge on any atom is -0.345 e. The number of hydrogen-bond donors (Lipinski definition) is 1. The van der Waals surface area contributed by atoms with E-state index >= 15 is 0 Å². The van der Waals surface area contributed by atoms with Gasteiger partial charge in [-0.15, -0.1) is 0 Å². The van der Waals surface area contributed by atoms with Crippen molar-refractivity contribution in [3.8, 4) is 0 Å². The molecule has 1 aliphatic heterocycles. The van der Waals surface area contributed by atoms with E-state index in [1.807, 2.05) is 31.2 Å². The number of halogens is 1. The summed E-state index contributed by atoms with van der Waals surface area (Å²) in [5.74, 6) is -0.0523. The summed E-state index contributed by atoms with van der Waals surface area (Å²) in [6, 6.07) is 14.5. The van der Waals surface area contributed by atoms with E-state index in [0.29, 0.717) is 24.2 Å². The van der Waals surface area contributed by atoms with Crippen molar-refractivity contribution in [2.24, 2.45) is 0 Å². The lowest BCUT2D eigenvalue weighted by Crippen LogP contribution is -2.29. The number of rotatable bonds is 5. The zero-order valence-corrected chi connectivity index (χ0v) is 16.9. The minimum atomic E-state index is -3.26. The monoisotopic (exact) mass is 436 g/mol. The zero-order valence-electron chi connectivity index (χ0n) is 14.5. The first-order chi connectivity index (χ1) is 12.4. The molecule has 0 bridgehead atoms. The first-order valence-corrected chi connectivity index (χ1v) is 11.0. The largest absolute Gasteiger partial charge is 0.345 e. The third-order valence-electron chi connectivity index (χ3n) is 4.48. The highest BCUT2D eigenvalue weighted by atomic mass is 79.9. The van der Waals surface area contributed by atoms with E-state index in [1.165, 1.54) is 4.31 Å². The zero-order chi connectivity index (χ0) is 18.7. The maximum atomic E-state index is 12.7. The molecule has 138 valence electrons. The third-order valence-corrected chi connectivity index (χ3v) is 6.88. The van der Waals surface area contributed by atoms with Crippen LogP contribution >= 0.6 is 15.9 Å². The van der Waals surface area contributed by atoms with Crippen LogP contribution in [0.5, 0.6) is 0 Å². The molecule has 3 rings (SSSR count). The van der Waals surface area contributed by atoms with Crippen LogP contribution in [-0.2, 0) is 10.0 Å². The molecule has 0 aliphatic carbocycles. The van der Waals surface area contributed by atoms with Crippen molar-refractivity contribution < 1.29 is 13.2 Å². The molecule has 1 atom stereocenters. The molecule has 0 spiro atoms. The Hall–Kier alpha value is -1.86. The Morgan fingerprint density at radius 3 is 2.58 bits per heavy atom. The Morgan fingerprint density at radius 1 is 1.23 bits per heavy atom. The predicted octanol–water partition coefficient (Wildman–Crippen LogP) is 3.87. The normalized spacial score (nSPS) is 17.1. The van der Waals surface area contributed by atoms with Gasteiger partial charge in [-0.1, -0.05) is 41.1 Å². The van der Waals surface area contributed by atoms with Gasteiger partial charge in [-0.2, -0.15) is 0 Å². The van der Waals surface area contributed by atoms with Crippen molar-refractivity contribution in [3.63, 3.8) is 0 Å². The van der Waals surface area contributed by atoms with Crippen LogP contribution < -0.4 is 9.62 Å². The molecule has 2 aromatic rings. The molecule has 0 radical (unpaired) electrons. The predicted molar refractivity (Wildman–Crippen MR) is 107 cm³/mol. The highest BCUT2D eigenvalue weighted by Gasteiger charge is 2.28. The first-order valence-electron chi connectivity index (χ1n) is 8.57. The number of nitrogens with zero attached hydrogens (tertiary/aromatic N) is 1. The molecule has 7 heteroatoms. The maximum Gasteiger partial charge on any atom is 0.251 e. The Morgan fingerprint density at radius 2 is 1.96 bits per heavy atom. The van der Waals surface area contributed by atoms with Gasteiger partial charge in [0.15, 0.2) is 0 Å². The highest BCUT2D eigenvalue weighted by molar-refractivity contribution is 9.10. The molecule has 1 aliphatic rings. The number of nitrogens with one attached hydrogen (secondary N) is 1. The Kier molecular flexibility index (Phi) is 5.67. The molecule has 5 nitrogen and oxygen atoms in total. The topological polar surface area (TPSA) is 66.5 Å². The van der Waals surface area contributed by atoms with Gasteiger partial charge in [0.25, 0.3) is 5.91 Å². The van der Waals surface area contributed by atoms with E-state index in [2.05, 4.69) is 21.2 Å². The average Bonchev–Trinajstić information content (AvgIpc) is 2.99. The van der Waals surface area contributed by atoms with Crippen LogP contribution in [0.1, 0.15) is 41.7 Å². The Labute approximate surface area is 162 Å². The van der Waals surface area contributed by atoms with Crippen LogP contribution in [0.4, 0.5) is 5.69 Å². The summed E-state index contributed by atoms with van der Waals surface area (Å²) < 4.78 is 26.6. The number of benzene rings is 2. The van der Waals surface area contributed by atoms with Gasteiger partial charge in [-0.3, -0.25) is 9.10 Å². The smallest absolute Gasteiger partial charge is 0.251 e. The van der Waals surface area contributed by atoms with Crippen molar-refractivity contribution in [1.29, 1.82) is 0 Å². The van der Waals surface area contributed by atoms with Crippen LogP contribution in [0, 0.1) is 0 Å². The molecular weight excluding hydrogens is 416 g/mol. The average molecular weight is 437 g/mol. The number of amides is 1. The first kappa shape index (κ1) is 18.9. The molecule has 0 aromatic heterocycles. The number of anilines is 1. The summed E-state index contributed by atoms with van der Waals surface area (Å²) >= 11 is 3.41. The van der Waals surface area contributed by atoms with Gasteiger partial charge in [-0.05, 0) is 48.7 Å². The summed E-state index contributed by atoms with van der Waals surface area (Å²) in [6.45, 7) is 2.48. The summed E-state index contributed by atoms with van der Waals surface area (Å²) in [5, 5.41) is 3.04. The third kappa shape index (κ3) is 4.10. The Bertz CT molecular complexity index is 897. The van der Waals surface area contributed by atoms with Gasteiger partial charge < -0.3 is 5.32 Å². The fourth-order valence-corrected chi connectivity index (χ4v) is 4.91. The van der Waals surface area contributed by atoms with Gasteiger partial charge in [0.05, 0.1) is 17.5 Å². The fourth-order valence-electron chi connectivity index (χ4n) is 3.09. The van der Waals surface area contributed by atoms with Gasteiger partial charge in [0, 0.05) is 16.6 Å². The SMILES string of the molecule is CC[C@@H](NC(=O)c1cccc(N2CCCS2(=O)=O)c1)c1ccc(Br)cc1. The lowest BCUT2D eigenvalue weighted by atomic mass is 10.0. The molecule has 1 fully saturated rings. The fraction of sp³-hybridized carbons (Fsp3) is 0.316. The number of carbonyl (C=O) groups excluding carboxylic acids is 1. The molecule has 2 aromatic carbocycles. The van der Waals surface area contributed by atoms with E-state index in [-0.39, 0.29) is 17.7 Å². The van der Waals surface area contributed by atoms with Gasteiger partial charge in [0.1, 0.15) is 0 Å². The molecule has 1 heterocycles.